The van der Waals surface area contributed by atoms with Gasteiger partial charge in [-0.1, -0.05) is 41.5 Å². The highest BCUT2D eigenvalue weighted by Crippen LogP contribution is 2.32. The van der Waals surface area contributed by atoms with Gasteiger partial charge in [0.25, 0.3) is 0 Å². The molecule has 0 bridgehead atoms. The van der Waals surface area contributed by atoms with Gasteiger partial charge in [-0.2, -0.15) is 0 Å². The summed E-state index contributed by atoms with van der Waals surface area (Å²) in [5.74, 6) is 2.20. The minimum absolute atomic E-state index is 0.732. The van der Waals surface area contributed by atoms with Gasteiger partial charge < -0.3 is 4.43 Å². The lowest BCUT2D eigenvalue weighted by Crippen LogP contribution is -2.40. The molecule has 0 aromatic heterocycles. The zero-order valence-electron chi connectivity index (χ0n) is 11.5. The van der Waals surface area contributed by atoms with Gasteiger partial charge in [0, 0.05) is 0 Å². The van der Waals surface area contributed by atoms with E-state index in [0.717, 1.165) is 17.8 Å². The van der Waals surface area contributed by atoms with E-state index < -0.39 is 8.32 Å². The van der Waals surface area contributed by atoms with Gasteiger partial charge in [0.15, 0.2) is 8.32 Å². The van der Waals surface area contributed by atoms with E-state index in [2.05, 4.69) is 48.7 Å². The third kappa shape index (κ3) is 6.36. The molecule has 1 radical (unpaired) electrons. The van der Waals surface area contributed by atoms with E-state index in [-0.39, 0.29) is 0 Å². The Morgan fingerprint density at radius 1 is 0.800 bits per heavy atom. The lowest BCUT2D eigenvalue weighted by Gasteiger charge is -2.34. The molecule has 0 fully saturated rings. The van der Waals surface area contributed by atoms with E-state index in [9.17, 15) is 0 Å². The smallest absolute Gasteiger partial charge is 0.193 e. The van der Waals surface area contributed by atoms with Crippen LogP contribution < -0.4 is 0 Å². The molecule has 0 saturated heterocycles. The van der Waals surface area contributed by atoms with Crippen LogP contribution in [0.2, 0.25) is 18.1 Å². The summed E-state index contributed by atoms with van der Waals surface area (Å²) in [5.41, 5.74) is 0. The predicted octanol–water partition coefficient (Wildman–Crippen LogP) is 4.71. The summed E-state index contributed by atoms with van der Waals surface area (Å²) in [6.07, 6.45) is 0. The van der Waals surface area contributed by atoms with Gasteiger partial charge >= 0.3 is 0 Å². The largest absolute Gasteiger partial charge is 0.414 e. The van der Waals surface area contributed by atoms with Gasteiger partial charge in [0.1, 0.15) is 0 Å². The van der Waals surface area contributed by atoms with E-state index in [0.29, 0.717) is 0 Å². The van der Waals surface area contributed by atoms with Crippen molar-refractivity contribution in [3.8, 4) is 0 Å². The monoisotopic (exact) mass is 229 g/mol. The van der Waals surface area contributed by atoms with Crippen LogP contribution in [0.5, 0.6) is 0 Å². The van der Waals surface area contributed by atoms with Crippen LogP contribution in [0.25, 0.3) is 0 Å². The topological polar surface area (TPSA) is 9.23 Å². The normalized spacial score (nSPS) is 13.2. The average molecular weight is 229 g/mol. The number of rotatable bonds is 7. The number of hydrogen-bond acceptors (Lipinski definition) is 1. The van der Waals surface area contributed by atoms with Crippen molar-refractivity contribution in [3.05, 3.63) is 7.11 Å². The SMILES string of the molecule is [CH2]O[Si](CC(C)C)(CC(C)C)CC(C)C. The van der Waals surface area contributed by atoms with E-state index in [1.54, 1.807) is 0 Å². The third-order valence-corrected chi connectivity index (χ3v) is 7.94. The molecule has 0 atom stereocenters. The Morgan fingerprint density at radius 2 is 1.07 bits per heavy atom. The molecule has 15 heavy (non-hydrogen) atoms. The molecule has 0 aliphatic carbocycles. The van der Waals surface area contributed by atoms with Crippen molar-refractivity contribution in [2.24, 2.45) is 17.8 Å². The van der Waals surface area contributed by atoms with Crippen LogP contribution in [0.3, 0.4) is 0 Å². The first-order valence-electron chi connectivity index (χ1n) is 6.24. The molecule has 0 unspecified atom stereocenters. The molecule has 0 amide bonds. The second kappa shape index (κ2) is 6.69. The second-order valence-electron chi connectivity index (χ2n) is 6.12. The van der Waals surface area contributed by atoms with Crippen molar-refractivity contribution in [2.45, 2.75) is 59.7 Å². The van der Waals surface area contributed by atoms with Crippen molar-refractivity contribution in [2.75, 3.05) is 0 Å². The lowest BCUT2D eigenvalue weighted by atomic mass is 10.2. The highest BCUT2D eigenvalue weighted by molar-refractivity contribution is 6.74. The first-order chi connectivity index (χ1) is 6.81. The summed E-state index contributed by atoms with van der Waals surface area (Å²) in [6, 6.07) is 3.77. The quantitative estimate of drug-likeness (QED) is 0.575. The first-order valence-corrected chi connectivity index (χ1v) is 8.77. The molecule has 0 aliphatic heterocycles. The third-order valence-electron chi connectivity index (χ3n) is 2.65. The maximum absolute atomic E-state index is 5.76. The van der Waals surface area contributed by atoms with E-state index in [1.807, 2.05) is 0 Å². The standard InChI is InChI=1S/C13H29OSi/c1-11(2)8-15(14-7,9-12(3)4)10-13(5)6/h11-13H,7-10H2,1-6H3. The Morgan fingerprint density at radius 3 is 1.20 bits per heavy atom. The molecule has 91 valence electrons. The highest BCUT2D eigenvalue weighted by Gasteiger charge is 2.35. The van der Waals surface area contributed by atoms with Crippen molar-refractivity contribution >= 4 is 8.32 Å². The summed E-state index contributed by atoms with van der Waals surface area (Å²) >= 11 is 0. The molecule has 1 nitrogen and oxygen atoms in total. The highest BCUT2D eigenvalue weighted by atomic mass is 28.4. The van der Waals surface area contributed by atoms with Crippen LogP contribution in [0.1, 0.15) is 41.5 Å². The minimum Gasteiger partial charge on any atom is -0.414 e. The van der Waals surface area contributed by atoms with Gasteiger partial charge in [-0.25, -0.2) is 0 Å². The Bertz CT molecular complexity index is 137. The van der Waals surface area contributed by atoms with E-state index in [4.69, 9.17) is 4.43 Å². The minimum atomic E-state index is -1.57. The Labute approximate surface area is 97.7 Å². The van der Waals surface area contributed by atoms with Crippen LogP contribution in [-0.4, -0.2) is 8.32 Å². The van der Waals surface area contributed by atoms with Crippen molar-refractivity contribution in [1.82, 2.24) is 0 Å². The van der Waals surface area contributed by atoms with E-state index in [1.165, 1.54) is 18.1 Å². The van der Waals surface area contributed by atoms with E-state index >= 15 is 0 Å². The summed E-state index contributed by atoms with van der Waals surface area (Å²) < 4.78 is 5.76. The summed E-state index contributed by atoms with van der Waals surface area (Å²) in [7, 11) is 2.21. The first kappa shape index (κ1) is 15.2. The van der Waals surface area contributed by atoms with Crippen LogP contribution >= 0.6 is 0 Å². The average Bonchev–Trinajstić information content (AvgIpc) is 1.99. The molecular formula is C13H29OSi. The van der Waals surface area contributed by atoms with Crippen LogP contribution in [0.15, 0.2) is 0 Å². The molecule has 0 aromatic rings. The molecule has 0 aliphatic rings. The van der Waals surface area contributed by atoms with Gasteiger partial charge in [0.2, 0.25) is 0 Å². The Hall–Kier alpha value is 0.177. The van der Waals surface area contributed by atoms with Gasteiger partial charge in [-0.3, -0.25) is 0 Å². The molecule has 0 aromatic carbocycles. The Balaban J connectivity index is 4.59. The van der Waals surface area contributed by atoms with Crippen molar-refractivity contribution in [3.63, 3.8) is 0 Å². The molecule has 0 saturated carbocycles. The molecule has 0 spiro atoms. The van der Waals surface area contributed by atoms with Crippen LogP contribution in [0, 0.1) is 24.9 Å². The second-order valence-corrected chi connectivity index (χ2v) is 10.0. The maximum atomic E-state index is 5.76. The van der Waals surface area contributed by atoms with Crippen molar-refractivity contribution in [1.29, 1.82) is 0 Å². The van der Waals surface area contributed by atoms with Crippen LogP contribution in [-0.2, 0) is 4.43 Å². The van der Waals surface area contributed by atoms with Gasteiger partial charge in [-0.15, -0.1) is 0 Å². The lowest BCUT2D eigenvalue weighted by molar-refractivity contribution is 0.412. The summed E-state index contributed by atoms with van der Waals surface area (Å²) in [6.45, 7) is 13.8. The molecule has 0 heterocycles. The van der Waals surface area contributed by atoms with Gasteiger partial charge in [-0.05, 0) is 35.9 Å². The van der Waals surface area contributed by atoms with Crippen LogP contribution in [0.4, 0.5) is 0 Å². The fourth-order valence-electron chi connectivity index (χ4n) is 2.66. The Kier molecular flexibility index (Phi) is 6.77. The molecule has 2 heteroatoms. The molecule has 0 N–H and O–H groups in total. The zero-order chi connectivity index (χ0) is 12.1. The van der Waals surface area contributed by atoms with Crippen molar-refractivity contribution < 1.29 is 4.43 Å². The summed E-state index contributed by atoms with van der Waals surface area (Å²) in [5, 5.41) is 0. The molecule has 0 rings (SSSR count). The fraction of sp³-hybridized carbons (Fsp3) is 0.923. The maximum Gasteiger partial charge on any atom is 0.193 e. The molecular weight excluding hydrogens is 200 g/mol. The predicted molar refractivity (Wildman–Crippen MR) is 71.1 cm³/mol. The van der Waals surface area contributed by atoms with Gasteiger partial charge in [0.05, 0.1) is 7.11 Å². The fourth-order valence-corrected chi connectivity index (χ4v) is 7.98. The summed E-state index contributed by atoms with van der Waals surface area (Å²) in [4.78, 5) is 0. The zero-order valence-corrected chi connectivity index (χ0v) is 12.5. The number of hydrogen-bond donors (Lipinski definition) is 0.